The number of amides is 2. The Labute approximate surface area is 202 Å². The Bertz CT molecular complexity index is 1130. The Balaban J connectivity index is 1.80. The standard InChI is InChI=1S/C26H26ClFN2O2S/c1-26(2,3)16-23(31)29-18-10-7-11-20(14-18)33-24(17-8-5-4-6-9-17)25(32)30-19-12-13-22(28)21(27)15-19/h4-15,24H,16H2,1-3H3,(H,29,31)(H,30,32). The summed E-state index contributed by atoms with van der Waals surface area (Å²) in [5, 5.41) is 5.12. The average Bonchev–Trinajstić information content (AvgIpc) is 2.74. The Kier molecular flexibility index (Phi) is 8.16. The molecule has 0 aliphatic heterocycles. The van der Waals surface area contributed by atoms with Gasteiger partial charge in [-0.25, -0.2) is 4.39 Å². The van der Waals surface area contributed by atoms with Gasteiger partial charge in [0.2, 0.25) is 11.8 Å². The Morgan fingerprint density at radius 3 is 2.30 bits per heavy atom. The number of rotatable bonds is 7. The van der Waals surface area contributed by atoms with Gasteiger partial charge in [-0.15, -0.1) is 11.8 Å². The third-order valence-electron chi connectivity index (χ3n) is 4.59. The zero-order chi connectivity index (χ0) is 24.0. The van der Waals surface area contributed by atoms with E-state index in [4.69, 9.17) is 11.6 Å². The van der Waals surface area contributed by atoms with E-state index in [-0.39, 0.29) is 22.3 Å². The summed E-state index contributed by atoms with van der Waals surface area (Å²) in [5.41, 5.74) is 1.79. The van der Waals surface area contributed by atoms with E-state index < -0.39 is 11.1 Å². The second-order valence-corrected chi connectivity index (χ2v) is 10.4. The van der Waals surface area contributed by atoms with Crippen LogP contribution in [0.3, 0.4) is 0 Å². The maximum Gasteiger partial charge on any atom is 0.242 e. The zero-order valence-corrected chi connectivity index (χ0v) is 20.3. The largest absolute Gasteiger partial charge is 0.326 e. The molecule has 4 nitrogen and oxygen atoms in total. The molecule has 3 aromatic carbocycles. The molecule has 1 atom stereocenters. The van der Waals surface area contributed by atoms with E-state index in [0.717, 1.165) is 10.5 Å². The fraction of sp³-hybridized carbons (Fsp3) is 0.231. The van der Waals surface area contributed by atoms with E-state index in [1.165, 1.54) is 30.0 Å². The normalized spacial score (nSPS) is 12.2. The van der Waals surface area contributed by atoms with Crippen molar-refractivity contribution in [3.63, 3.8) is 0 Å². The first-order valence-corrected chi connectivity index (χ1v) is 11.7. The molecule has 0 spiro atoms. The van der Waals surface area contributed by atoms with Crippen LogP contribution in [0.15, 0.2) is 77.7 Å². The van der Waals surface area contributed by atoms with Gasteiger partial charge in [0.1, 0.15) is 11.1 Å². The van der Waals surface area contributed by atoms with Crippen molar-refractivity contribution < 1.29 is 14.0 Å². The molecule has 3 aromatic rings. The topological polar surface area (TPSA) is 58.2 Å². The summed E-state index contributed by atoms with van der Waals surface area (Å²) in [6.45, 7) is 6.03. The quantitative estimate of drug-likeness (QED) is 0.345. The number of benzene rings is 3. The minimum absolute atomic E-state index is 0.0598. The van der Waals surface area contributed by atoms with Gasteiger partial charge in [-0.1, -0.05) is 68.8 Å². The Morgan fingerprint density at radius 1 is 0.939 bits per heavy atom. The van der Waals surface area contributed by atoms with Crippen LogP contribution in [0.4, 0.5) is 15.8 Å². The summed E-state index contributed by atoms with van der Waals surface area (Å²) in [5.74, 6) is -0.875. The Hall–Kier alpha value is -2.83. The van der Waals surface area contributed by atoms with Crippen molar-refractivity contribution in [3.8, 4) is 0 Å². The maximum atomic E-state index is 13.5. The van der Waals surface area contributed by atoms with Gasteiger partial charge in [-0.05, 0) is 47.4 Å². The van der Waals surface area contributed by atoms with E-state index in [1.54, 1.807) is 0 Å². The average molecular weight is 485 g/mol. The molecule has 0 radical (unpaired) electrons. The highest BCUT2D eigenvalue weighted by atomic mass is 35.5. The van der Waals surface area contributed by atoms with Crippen molar-refractivity contribution in [1.82, 2.24) is 0 Å². The predicted octanol–water partition coefficient (Wildman–Crippen LogP) is 7.33. The predicted molar refractivity (Wildman–Crippen MR) is 134 cm³/mol. The number of nitrogens with one attached hydrogen (secondary N) is 2. The van der Waals surface area contributed by atoms with E-state index >= 15 is 0 Å². The summed E-state index contributed by atoms with van der Waals surface area (Å²) in [6, 6.07) is 20.9. The number of carbonyl (C=O) groups excluding carboxylic acids is 2. The van der Waals surface area contributed by atoms with Crippen molar-refractivity contribution in [2.24, 2.45) is 5.41 Å². The lowest BCUT2D eigenvalue weighted by atomic mass is 9.92. The van der Waals surface area contributed by atoms with E-state index in [2.05, 4.69) is 10.6 Å². The lowest BCUT2D eigenvalue weighted by Crippen LogP contribution is -2.20. The molecule has 0 aromatic heterocycles. The first kappa shape index (κ1) is 24.8. The second-order valence-electron chi connectivity index (χ2n) is 8.84. The molecule has 0 fully saturated rings. The number of thioether (sulfide) groups is 1. The smallest absolute Gasteiger partial charge is 0.242 e. The van der Waals surface area contributed by atoms with Crippen molar-refractivity contribution in [2.75, 3.05) is 10.6 Å². The highest BCUT2D eigenvalue weighted by Crippen LogP contribution is 2.37. The molecule has 3 rings (SSSR count). The summed E-state index contributed by atoms with van der Waals surface area (Å²) < 4.78 is 13.5. The van der Waals surface area contributed by atoms with Gasteiger partial charge in [0.25, 0.3) is 0 Å². The lowest BCUT2D eigenvalue weighted by Gasteiger charge is -2.19. The van der Waals surface area contributed by atoms with Crippen LogP contribution in [0.5, 0.6) is 0 Å². The molecule has 0 heterocycles. The molecule has 172 valence electrons. The molecule has 0 aliphatic carbocycles. The number of halogens is 2. The van der Waals surface area contributed by atoms with E-state index in [0.29, 0.717) is 17.8 Å². The first-order valence-electron chi connectivity index (χ1n) is 10.5. The molecular weight excluding hydrogens is 459 g/mol. The summed E-state index contributed by atoms with van der Waals surface area (Å²) in [4.78, 5) is 26.3. The fourth-order valence-electron chi connectivity index (χ4n) is 3.15. The molecule has 2 N–H and O–H groups in total. The number of carbonyl (C=O) groups is 2. The van der Waals surface area contributed by atoms with Gasteiger partial charge in [0.15, 0.2) is 0 Å². The number of hydrogen-bond donors (Lipinski definition) is 2. The van der Waals surface area contributed by atoms with Crippen LogP contribution < -0.4 is 10.6 Å². The van der Waals surface area contributed by atoms with Crippen LogP contribution in [-0.4, -0.2) is 11.8 Å². The van der Waals surface area contributed by atoms with E-state index in [1.807, 2.05) is 75.4 Å². The highest BCUT2D eigenvalue weighted by molar-refractivity contribution is 8.00. The Morgan fingerprint density at radius 2 is 1.64 bits per heavy atom. The molecule has 0 bridgehead atoms. The van der Waals surface area contributed by atoms with Gasteiger partial charge >= 0.3 is 0 Å². The zero-order valence-electron chi connectivity index (χ0n) is 18.7. The third-order valence-corrected chi connectivity index (χ3v) is 6.13. The summed E-state index contributed by atoms with van der Waals surface area (Å²) in [7, 11) is 0. The third kappa shape index (κ3) is 7.62. The van der Waals surface area contributed by atoms with Gasteiger partial charge in [-0.3, -0.25) is 9.59 Å². The molecule has 7 heteroatoms. The molecule has 2 amide bonds. The van der Waals surface area contributed by atoms with Crippen LogP contribution in [0.1, 0.15) is 38.0 Å². The van der Waals surface area contributed by atoms with Crippen molar-refractivity contribution in [1.29, 1.82) is 0 Å². The van der Waals surface area contributed by atoms with Gasteiger partial charge in [0, 0.05) is 22.7 Å². The minimum atomic E-state index is -0.574. The van der Waals surface area contributed by atoms with Gasteiger partial charge in [0.05, 0.1) is 5.02 Å². The molecule has 0 saturated carbocycles. The highest BCUT2D eigenvalue weighted by Gasteiger charge is 2.23. The summed E-state index contributed by atoms with van der Waals surface area (Å²) >= 11 is 7.22. The van der Waals surface area contributed by atoms with Crippen LogP contribution in [0.25, 0.3) is 0 Å². The fourth-order valence-corrected chi connectivity index (χ4v) is 4.42. The van der Waals surface area contributed by atoms with E-state index in [9.17, 15) is 14.0 Å². The molecule has 33 heavy (non-hydrogen) atoms. The molecular formula is C26H26ClFN2O2S. The van der Waals surface area contributed by atoms with Crippen LogP contribution >= 0.6 is 23.4 Å². The maximum absolute atomic E-state index is 13.5. The lowest BCUT2D eigenvalue weighted by molar-refractivity contribution is -0.118. The van der Waals surface area contributed by atoms with Crippen LogP contribution in [0.2, 0.25) is 5.02 Å². The van der Waals surface area contributed by atoms with Gasteiger partial charge < -0.3 is 10.6 Å². The van der Waals surface area contributed by atoms with Crippen LogP contribution in [0, 0.1) is 11.2 Å². The van der Waals surface area contributed by atoms with Crippen molar-refractivity contribution >= 4 is 46.6 Å². The number of hydrogen-bond acceptors (Lipinski definition) is 3. The minimum Gasteiger partial charge on any atom is -0.326 e. The molecule has 1 unspecified atom stereocenters. The SMILES string of the molecule is CC(C)(C)CC(=O)Nc1cccc(SC(C(=O)Nc2ccc(F)c(Cl)c2)c2ccccc2)c1. The first-order chi connectivity index (χ1) is 15.6. The van der Waals surface area contributed by atoms with Crippen molar-refractivity contribution in [3.05, 3.63) is 89.2 Å². The second kappa shape index (κ2) is 10.9. The molecule has 0 aliphatic rings. The summed E-state index contributed by atoms with van der Waals surface area (Å²) in [6.07, 6.45) is 0.402. The molecule has 0 saturated heterocycles. The van der Waals surface area contributed by atoms with Crippen LogP contribution in [-0.2, 0) is 9.59 Å². The van der Waals surface area contributed by atoms with Gasteiger partial charge in [-0.2, -0.15) is 0 Å². The monoisotopic (exact) mass is 484 g/mol. The van der Waals surface area contributed by atoms with Crippen molar-refractivity contribution in [2.45, 2.75) is 37.3 Å². The number of anilines is 2.